The number of piperazine rings is 1. The number of rotatable bonds is 3. The molecule has 2 amide bonds. The summed E-state index contributed by atoms with van der Waals surface area (Å²) in [7, 11) is 0. The molecule has 2 aliphatic rings. The molecule has 0 N–H and O–H groups in total. The van der Waals surface area contributed by atoms with Crippen LogP contribution in [0.4, 0.5) is 11.4 Å². The summed E-state index contributed by atoms with van der Waals surface area (Å²) in [6.45, 7) is 3.29. The quantitative estimate of drug-likeness (QED) is 0.725. The van der Waals surface area contributed by atoms with Crippen LogP contribution in [-0.4, -0.2) is 48.9 Å². The van der Waals surface area contributed by atoms with Gasteiger partial charge in [-0.2, -0.15) is 0 Å². The average molecular weight is 414 g/mol. The van der Waals surface area contributed by atoms with E-state index in [4.69, 9.17) is 0 Å². The van der Waals surface area contributed by atoms with E-state index in [0.29, 0.717) is 5.69 Å². The highest BCUT2D eigenvalue weighted by molar-refractivity contribution is 9.10. The molecule has 2 heterocycles. The van der Waals surface area contributed by atoms with Gasteiger partial charge in [0.25, 0.3) is 5.91 Å². The molecule has 0 aliphatic carbocycles. The predicted molar refractivity (Wildman–Crippen MR) is 105 cm³/mol. The summed E-state index contributed by atoms with van der Waals surface area (Å²) < 4.78 is 0.925. The van der Waals surface area contributed by atoms with Crippen molar-refractivity contribution in [2.45, 2.75) is 12.5 Å². The number of imide groups is 1. The minimum atomic E-state index is -0.343. The molecule has 2 aromatic carbocycles. The molecule has 0 bridgehead atoms. The normalized spacial score (nSPS) is 21.5. The van der Waals surface area contributed by atoms with Crippen LogP contribution in [0.2, 0.25) is 0 Å². The largest absolute Gasteiger partial charge is 0.369 e. The zero-order chi connectivity index (χ0) is 18.1. The third-order valence-electron chi connectivity index (χ3n) is 5.08. The van der Waals surface area contributed by atoms with Gasteiger partial charge in [0.2, 0.25) is 5.91 Å². The minimum absolute atomic E-state index is 0.106. The van der Waals surface area contributed by atoms with Crippen molar-refractivity contribution < 1.29 is 9.59 Å². The van der Waals surface area contributed by atoms with Gasteiger partial charge in [-0.05, 0) is 36.4 Å². The molecule has 26 heavy (non-hydrogen) atoms. The summed E-state index contributed by atoms with van der Waals surface area (Å²) in [5, 5.41) is 0. The van der Waals surface area contributed by atoms with E-state index in [9.17, 15) is 9.59 Å². The molecule has 134 valence electrons. The van der Waals surface area contributed by atoms with E-state index in [-0.39, 0.29) is 24.3 Å². The van der Waals surface area contributed by atoms with Gasteiger partial charge in [0.15, 0.2) is 0 Å². The lowest BCUT2D eigenvalue weighted by molar-refractivity contribution is -0.123. The first-order valence-electron chi connectivity index (χ1n) is 8.80. The summed E-state index contributed by atoms with van der Waals surface area (Å²) >= 11 is 3.38. The number of hydrogen-bond acceptors (Lipinski definition) is 4. The molecular formula is C20H20BrN3O2. The van der Waals surface area contributed by atoms with Gasteiger partial charge < -0.3 is 4.90 Å². The lowest BCUT2D eigenvalue weighted by atomic mass is 10.1. The van der Waals surface area contributed by atoms with Gasteiger partial charge in [0.1, 0.15) is 0 Å². The molecular weight excluding hydrogens is 394 g/mol. The van der Waals surface area contributed by atoms with E-state index in [2.05, 4.69) is 37.9 Å². The Morgan fingerprint density at radius 1 is 0.808 bits per heavy atom. The molecule has 1 atom stereocenters. The van der Waals surface area contributed by atoms with E-state index < -0.39 is 0 Å². The molecule has 4 rings (SSSR count). The number of nitrogens with zero attached hydrogens (tertiary/aromatic N) is 3. The number of hydrogen-bond donors (Lipinski definition) is 0. The number of amides is 2. The summed E-state index contributed by atoms with van der Waals surface area (Å²) in [4.78, 5) is 31.2. The van der Waals surface area contributed by atoms with Gasteiger partial charge in [-0.3, -0.25) is 14.5 Å². The summed E-state index contributed by atoms with van der Waals surface area (Å²) in [5.41, 5.74) is 1.85. The number of carbonyl (C=O) groups is 2. The van der Waals surface area contributed by atoms with Gasteiger partial charge in [0, 0.05) is 36.3 Å². The highest BCUT2D eigenvalue weighted by Gasteiger charge is 2.43. The average Bonchev–Trinajstić information content (AvgIpc) is 2.98. The maximum Gasteiger partial charge on any atom is 0.251 e. The maximum atomic E-state index is 12.9. The van der Waals surface area contributed by atoms with E-state index >= 15 is 0 Å². The second kappa shape index (κ2) is 7.21. The molecule has 2 aromatic rings. The first-order valence-corrected chi connectivity index (χ1v) is 9.59. The summed E-state index contributed by atoms with van der Waals surface area (Å²) in [6.07, 6.45) is 0.264. The number of carbonyl (C=O) groups excluding carboxylic acids is 2. The zero-order valence-corrected chi connectivity index (χ0v) is 15.9. The van der Waals surface area contributed by atoms with Gasteiger partial charge in [-0.25, -0.2) is 4.90 Å². The first-order chi connectivity index (χ1) is 12.6. The maximum absolute atomic E-state index is 12.9. The SMILES string of the molecule is O=C1C[C@@H](N2CCN(c3ccccc3)CC2)C(=O)N1c1ccc(Br)cc1. The smallest absolute Gasteiger partial charge is 0.251 e. The monoisotopic (exact) mass is 413 g/mol. The predicted octanol–water partition coefficient (Wildman–Crippen LogP) is 2.90. The molecule has 0 radical (unpaired) electrons. The van der Waals surface area contributed by atoms with Crippen molar-refractivity contribution >= 4 is 39.1 Å². The van der Waals surface area contributed by atoms with Crippen molar-refractivity contribution in [3.8, 4) is 0 Å². The van der Waals surface area contributed by atoms with Crippen LogP contribution in [0.1, 0.15) is 6.42 Å². The molecule has 6 heteroatoms. The molecule has 0 unspecified atom stereocenters. The molecule has 2 saturated heterocycles. The van der Waals surface area contributed by atoms with E-state index in [1.54, 1.807) is 12.1 Å². The Balaban J connectivity index is 1.44. The van der Waals surface area contributed by atoms with Gasteiger partial charge in [-0.1, -0.05) is 34.1 Å². The number of anilines is 2. The molecule has 0 aromatic heterocycles. The Hall–Kier alpha value is -2.18. The zero-order valence-electron chi connectivity index (χ0n) is 14.3. The Bertz CT molecular complexity index is 802. The van der Waals surface area contributed by atoms with Crippen LogP contribution in [0.25, 0.3) is 0 Å². The Kier molecular flexibility index (Phi) is 4.78. The molecule has 0 spiro atoms. The van der Waals surface area contributed by atoms with E-state index in [1.165, 1.54) is 10.6 Å². The number of halogens is 1. The number of para-hydroxylation sites is 1. The van der Waals surface area contributed by atoms with Crippen molar-refractivity contribution in [1.82, 2.24) is 4.90 Å². The third kappa shape index (κ3) is 3.27. The fourth-order valence-electron chi connectivity index (χ4n) is 3.69. The van der Waals surface area contributed by atoms with Crippen LogP contribution in [0, 0.1) is 0 Å². The van der Waals surface area contributed by atoms with E-state index in [1.807, 2.05) is 30.3 Å². The van der Waals surface area contributed by atoms with Crippen LogP contribution in [-0.2, 0) is 9.59 Å². The van der Waals surface area contributed by atoms with Crippen LogP contribution in [0.3, 0.4) is 0 Å². The minimum Gasteiger partial charge on any atom is -0.369 e. The summed E-state index contributed by atoms with van der Waals surface area (Å²) in [6, 6.07) is 17.3. The van der Waals surface area contributed by atoms with Crippen molar-refractivity contribution in [1.29, 1.82) is 0 Å². The highest BCUT2D eigenvalue weighted by Crippen LogP contribution is 2.28. The van der Waals surface area contributed by atoms with Crippen LogP contribution in [0.15, 0.2) is 59.1 Å². The molecule has 2 fully saturated rings. The van der Waals surface area contributed by atoms with Crippen LogP contribution < -0.4 is 9.80 Å². The van der Waals surface area contributed by atoms with Crippen molar-refractivity contribution in [2.75, 3.05) is 36.0 Å². The second-order valence-corrected chi connectivity index (χ2v) is 7.54. The van der Waals surface area contributed by atoms with Gasteiger partial charge in [-0.15, -0.1) is 0 Å². The summed E-state index contributed by atoms with van der Waals surface area (Å²) in [5.74, 6) is -0.224. The standard InChI is InChI=1S/C20H20BrN3O2/c21-15-6-8-17(9-7-15)24-19(25)14-18(20(24)26)23-12-10-22(11-13-23)16-4-2-1-3-5-16/h1-9,18H,10-14H2/t18-/m1/s1. The van der Waals surface area contributed by atoms with Crippen molar-refractivity contribution in [3.63, 3.8) is 0 Å². The van der Waals surface area contributed by atoms with Crippen LogP contribution >= 0.6 is 15.9 Å². The topological polar surface area (TPSA) is 43.9 Å². The van der Waals surface area contributed by atoms with Crippen LogP contribution in [0.5, 0.6) is 0 Å². The Morgan fingerprint density at radius 3 is 2.12 bits per heavy atom. The molecule has 5 nitrogen and oxygen atoms in total. The Labute approximate surface area is 161 Å². The second-order valence-electron chi connectivity index (χ2n) is 6.62. The Morgan fingerprint density at radius 2 is 1.46 bits per heavy atom. The first kappa shape index (κ1) is 17.2. The highest BCUT2D eigenvalue weighted by atomic mass is 79.9. The van der Waals surface area contributed by atoms with Crippen molar-refractivity contribution in [3.05, 3.63) is 59.1 Å². The lowest BCUT2D eigenvalue weighted by Crippen LogP contribution is -2.52. The van der Waals surface area contributed by atoms with Gasteiger partial charge >= 0.3 is 0 Å². The fraction of sp³-hybridized carbons (Fsp3) is 0.300. The third-order valence-corrected chi connectivity index (χ3v) is 5.61. The molecule has 2 aliphatic heterocycles. The fourth-order valence-corrected chi connectivity index (χ4v) is 3.96. The number of benzene rings is 2. The van der Waals surface area contributed by atoms with Crippen molar-refractivity contribution in [2.24, 2.45) is 0 Å². The van der Waals surface area contributed by atoms with Gasteiger partial charge in [0.05, 0.1) is 18.2 Å². The lowest BCUT2D eigenvalue weighted by Gasteiger charge is -2.38. The molecule has 0 saturated carbocycles. The van der Waals surface area contributed by atoms with E-state index in [0.717, 1.165) is 30.7 Å².